The number of hydrogen-bond acceptors (Lipinski definition) is 3. The van der Waals surface area contributed by atoms with E-state index in [1.54, 1.807) is 12.3 Å². The highest BCUT2D eigenvalue weighted by atomic mass is 16.4. The number of aliphatic carboxylic acids is 1. The second kappa shape index (κ2) is 2.80. The van der Waals surface area contributed by atoms with Crippen LogP contribution in [0.3, 0.4) is 0 Å². The topological polar surface area (TPSA) is 63.1 Å². The van der Waals surface area contributed by atoms with Gasteiger partial charge < -0.3 is 5.11 Å². The highest BCUT2D eigenvalue weighted by molar-refractivity contribution is 5.75. The quantitative estimate of drug-likeness (QED) is 0.731. The number of nitrogens with zero attached hydrogens (tertiary/aromatic N) is 2. The maximum absolute atomic E-state index is 10.7. The minimum atomic E-state index is -0.726. The average Bonchev–Trinajstić information content (AvgIpc) is 2.79. The summed E-state index contributed by atoms with van der Waals surface area (Å²) in [7, 11) is 0. The molecule has 4 heteroatoms. The lowest BCUT2D eigenvalue weighted by Gasteiger charge is -1.94. The van der Waals surface area contributed by atoms with E-state index >= 15 is 0 Å². The summed E-state index contributed by atoms with van der Waals surface area (Å²) in [6.45, 7) is 1.94. The fourth-order valence-electron chi connectivity index (χ4n) is 1.79. The van der Waals surface area contributed by atoms with E-state index in [0.29, 0.717) is 0 Å². The molecule has 0 radical (unpaired) electrons. The van der Waals surface area contributed by atoms with Gasteiger partial charge in [0, 0.05) is 17.8 Å². The van der Waals surface area contributed by atoms with Gasteiger partial charge in [0.2, 0.25) is 0 Å². The van der Waals surface area contributed by atoms with Crippen molar-refractivity contribution < 1.29 is 9.90 Å². The molecule has 3 atom stereocenters. The smallest absolute Gasteiger partial charge is 0.307 e. The summed E-state index contributed by atoms with van der Waals surface area (Å²) in [6.07, 6.45) is 3.10. The van der Waals surface area contributed by atoms with Crippen LogP contribution in [0.4, 0.5) is 0 Å². The van der Waals surface area contributed by atoms with Crippen LogP contribution in [-0.2, 0) is 4.79 Å². The summed E-state index contributed by atoms with van der Waals surface area (Å²) in [6, 6.07) is 1.78. The van der Waals surface area contributed by atoms with Crippen molar-refractivity contribution in [1.29, 1.82) is 0 Å². The Morgan fingerprint density at radius 2 is 2.38 bits per heavy atom. The first-order valence-corrected chi connectivity index (χ1v) is 4.20. The first-order chi connectivity index (χ1) is 6.22. The van der Waals surface area contributed by atoms with Gasteiger partial charge in [-0.1, -0.05) is 6.92 Å². The molecule has 1 aromatic rings. The first kappa shape index (κ1) is 8.16. The number of aromatic nitrogens is 2. The minimum absolute atomic E-state index is 0.0838. The fraction of sp³-hybridized carbons (Fsp3) is 0.444. The highest BCUT2D eigenvalue weighted by Crippen LogP contribution is 2.52. The minimum Gasteiger partial charge on any atom is -0.481 e. The number of carboxylic acid groups (broad SMARTS) is 1. The summed E-state index contributed by atoms with van der Waals surface area (Å²) in [4.78, 5) is 18.6. The van der Waals surface area contributed by atoms with Crippen molar-refractivity contribution in [2.45, 2.75) is 12.8 Å². The van der Waals surface area contributed by atoms with Gasteiger partial charge in [-0.25, -0.2) is 9.97 Å². The third-order valence-electron chi connectivity index (χ3n) is 2.61. The number of hydrogen-bond donors (Lipinski definition) is 1. The van der Waals surface area contributed by atoms with Gasteiger partial charge in [-0.2, -0.15) is 0 Å². The van der Waals surface area contributed by atoms with Gasteiger partial charge in [0.15, 0.2) is 0 Å². The standard InChI is InChI=1S/C9H10N2O2/c1-5-7(8(5)9(12)13)6-2-3-10-4-11-6/h2-5,7-8H,1H3,(H,12,13)/t5?,7?,8-/m0/s1. The van der Waals surface area contributed by atoms with Gasteiger partial charge in [-0.3, -0.25) is 4.79 Å². The van der Waals surface area contributed by atoms with Crippen LogP contribution in [0, 0.1) is 11.8 Å². The van der Waals surface area contributed by atoms with E-state index < -0.39 is 5.97 Å². The largest absolute Gasteiger partial charge is 0.481 e. The normalized spacial score (nSPS) is 31.3. The van der Waals surface area contributed by atoms with Crippen molar-refractivity contribution in [2.24, 2.45) is 11.8 Å². The van der Waals surface area contributed by atoms with E-state index in [1.165, 1.54) is 6.33 Å². The summed E-state index contributed by atoms with van der Waals surface area (Å²) < 4.78 is 0. The lowest BCUT2D eigenvalue weighted by molar-refractivity contribution is -0.138. The van der Waals surface area contributed by atoms with Crippen LogP contribution in [-0.4, -0.2) is 21.0 Å². The molecule has 2 unspecified atom stereocenters. The second-order valence-electron chi connectivity index (χ2n) is 3.38. The zero-order valence-corrected chi connectivity index (χ0v) is 7.21. The monoisotopic (exact) mass is 178 g/mol. The second-order valence-corrected chi connectivity index (χ2v) is 3.38. The van der Waals surface area contributed by atoms with Gasteiger partial charge in [-0.15, -0.1) is 0 Å². The molecule has 1 N–H and O–H groups in total. The lowest BCUT2D eigenvalue weighted by Crippen LogP contribution is -2.00. The molecule has 1 aliphatic rings. The Morgan fingerprint density at radius 1 is 1.62 bits per heavy atom. The molecule has 0 aromatic carbocycles. The molecule has 13 heavy (non-hydrogen) atoms. The van der Waals surface area contributed by atoms with Crippen LogP contribution in [0.1, 0.15) is 18.5 Å². The number of carbonyl (C=O) groups is 1. The van der Waals surface area contributed by atoms with Gasteiger partial charge in [0.1, 0.15) is 6.33 Å². The van der Waals surface area contributed by atoms with Crippen molar-refractivity contribution in [3.63, 3.8) is 0 Å². The Hall–Kier alpha value is -1.45. The van der Waals surface area contributed by atoms with Crippen molar-refractivity contribution in [1.82, 2.24) is 9.97 Å². The van der Waals surface area contributed by atoms with Gasteiger partial charge >= 0.3 is 5.97 Å². The fourth-order valence-corrected chi connectivity index (χ4v) is 1.79. The van der Waals surface area contributed by atoms with E-state index in [9.17, 15) is 4.79 Å². The molecule has 68 valence electrons. The predicted molar refractivity (Wildman–Crippen MR) is 45.1 cm³/mol. The molecular formula is C9H10N2O2. The van der Waals surface area contributed by atoms with Crippen molar-refractivity contribution in [3.05, 3.63) is 24.3 Å². The van der Waals surface area contributed by atoms with E-state index in [4.69, 9.17) is 5.11 Å². The molecule has 0 aliphatic heterocycles. The van der Waals surface area contributed by atoms with E-state index in [1.807, 2.05) is 6.92 Å². The molecule has 2 rings (SSSR count). The molecule has 1 aliphatic carbocycles. The molecule has 0 bridgehead atoms. The van der Waals surface area contributed by atoms with E-state index in [-0.39, 0.29) is 17.8 Å². The van der Waals surface area contributed by atoms with E-state index in [0.717, 1.165) is 5.69 Å². The van der Waals surface area contributed by atoms with Crippen molar-refractivity contribution in [3.8, 4) is 0 Å². The Morgan fingerprint density at radius 3 is 2.85 bits per heavy atom. The van der Waals surface area contributed by atoms with Gasteiger partial charge in [-0.05, 0) is 12.0 Å². The third-order valence-corrected chi connectivity index (χ3v) is 2.61. The van der Waals surface area contributed by atoms with Crippen LogP contribution in [0.5, 0.6) is 0 Å². The number of carboxylic acids is 1. The zero-order chi connectivity index (χ0) is 9.42. The SMILES string of the molecule is CC1C(c2ccncn2)[C@H]1C(=O)O. The summed E-state index contributed by atoms with van der Waals surface area (Å²) >= 11 is 0. The number of rotatable bonds is 2. The Kier molecular flexibility index (Phi) is 1.76. The zero-order valence-electron chi connectivity index (χ0n) is 7.21. The summed E-state index contributed by atoms with van der Waals surface area (Å²) in [5.74, 6) is -0.695. The van der Waals surface area contributed by atoms with Crippen LogP contribution in [0.25, 0.3) is 0 Å². The maximum Gasteiger partial charge on any atom is 0.307 e. The highest BCUT2D eigenvalue weighted by Gasteiger charge is 2.53. The molecule has 0 spiro atoms. The Bertz CT molecular complexity index is 326. The third kappa shape index (κ3) is 1.28. The van der Waals surface area contributed by atoms with Gasteiger partial charge in [0.05, 0.1) is 5.92 Å². The molecule has 1 saturated carbocycles. The van der Waals surface area contributed by atoms with E-state index in [2.05, 4.69) is 9.97 Å². The Labute approximate surface area is 75.6 Å². The first-order valence-electron chi connectivity index (χ1n) is 4.20. The van der Waals surface area contributed by atoms with Gasteiger partial charge in [0.25, 0.3) is 0 Å². The lowest BCUT2D eigenvalue weighted by atomic mass is 10.2. The van der Waals surface area contributed by atoms with Crippen molar-refractivity contribution in [2.75, 3.05) is 0 Å². The molecule has 1 fully saturated rings. The van der Waals surface area contributed by atoms with Crippen LogP contribution < -0.4 is 0 Å². The van der Waals surface area contributed by atoms with Crippen LogP contribution >= 0.6 is 0 Å². The van der Waals surface area contributed by atoms with Crippen molar-refractivity contribution >= 4 is 5.97 Å². The molecule has 0 saturated heterocycles. The predicted octanol–water partition coefficient (Wildman–Crippen LogP) is 0.911. The van der Waals surface area contributed by atoms with Crippen LogP contribution in [0.15, 0.2) is 18.6 Å². The molecule has 0 amide bonds. The molecule has 1 heterocycles. The summed E-state index contributed by atoms with van der Waals surface area (Å²) in [5.41, 5.74) is 0.843. The maximum atomic E-state index is 10.7. The average molecular weight is 178 g/mol. The molecular weight excluding hydrogens is 168 g/mol. The molecule has 1 aromatic heterocycles. The summed E-state index contributed by atoms with van der Waals surface area (Å²) in [5, 5.41) is 8.81. The molecule has 4 nitrogen and oxygen atoms in total. The van der Waals surface area contributed by atoms with Crippen LogP contribution in [0.2, 0.25) is 0 Å². The Balaban J connectivity index is 2.18.